The Balaban J connectivity index is 2.01. The predicted molar refractivity (Wildman–Crippen MR) is 85.2 cm³/mol. The molecule has 98 valence electrons. The number of hydrogen-bond donors (Lipinski definition) is 2. The summed E-state index contributed by atoms with van der Waals surface area (Å²) >= 11 is 9.12. The molecule has 19 heavy (non-hydrogen) atoms. The summed E-state index contributed by atoms with van der Waals surface area (Å²) in [5.41, 5.74) is 2.73. The van der Waals surface area contributed by atoms with Crippen molar-refractivity contribution in [3.8, 4) is 5.75 Å². The molecule has 0 saturated heterocycles. The predicted octanol–water partition coefficient (Wildman–Crippen LogP) is 3.48. The fraction of sp³-hybridized carbons (Fsp3) is 0. The van der Waals surface area contributed by atoms with Gasteiger partial charge in [-0.05, 0) is 52.9 Å². The monoisotopic (exact) mass is 406 g/mol. The van der Waals surface area contributed by atoms with Crippen LogP contribution in [0.1, 0.15) is 15.2 Å². The minimum Gasteiger partial charge on any atom is -0.507 e. The Morgan fingerprint density at radius 3 is 2.84 bits per heavy atom. The second kappa shape index (κ2) is 6.36. The van der Waals surface area contributed by atoms with Crippen molar-refractivity contribution in [3.63, 3.8) is 0 Å². The van der Waals surface area contributed by atoms with Gasteiger partial charge in [-0.15, -0.1) is 11.3 Å². The molecule has 0 radical (unpaired) electrons. The molecule has 2 rings (SSSR count). The van der Waals surface area contributed by atoms with E-state index in [9.17, 15) is 9.90 Å². The Hall–Kier alpha value is -1.12. The summed E-state index contributed by atoms with van der Waals surface area (Å²) in [4.78, 5) is 12.6. The van der Waals surface area contributed by atoms with E-state index < -0.39 is 0 Å². The Morgan fingerprint density at radius 1 is 1.42 bits per heavy atom. The molecule has 0 fully saturated rings. The second-order valence-electron chi connectivity index (χ2n) is 3.51. The number of phenols is 1. The molecule has 1 aromatic heterocycles. The highest BCUT2D eigenvalue weighted by Crippen LogP contribution is 2.21. The number of thiophene rings is 1. The number of halogens is 2. The smallest absolute Gasteiger partial charge is 0.271 e. The molecule has 0 saturated carbocycles. The average Bonchev–Trinajstić information content (AvgIpc) is 2.78. The van der Waals surface area contributed by atoms with Crippen LogP contribution < -0.4 is 5.43 Å². The lowest BCUT2D eigenvalue weighted by Gasteiger charge is -2.01. The van der Waals surface area contributed by atoms with Gasteiger partial charge in [-0.2, -0.15) is 5.10 Å². The van der Waals surface area contributed by atoms with Gasteiger partial charge in [0.15, 0.2) is 0 Å². The zero-order valence-electron chi connectivity index (χ0n) is 9.43. The van der Waals surface area contributed by atoms with Crippen LogP contribution in [0.4, 0.5) is 0 Å². The highest BCUT2D eigenvalue weighted by Gasteiger charge is 2.07. The summed E-state index contributed by atoms with van der Waals surface area (Å²) in [5.74, 6) is -0.312. The maximum Gasteiger partial charge on any atom is 0.271 e. The molecule has 0 aliphatic carbocycles. The number of aromatic hydroxyl groups is 1. The molecule has 0 aliphatic heterocycles. The van der Waals surface area contributed by atoms with E-state index in [1.54, 1.807) is 24.3 Å². The third-order valence-corrected chi connectivity index (χ3v) is 4.24. The fourth-order valence-electron chi connectivity index (χ4n) is 1.27. The largest absolute Gasteiger partial charge is 0.507 e. The van der Waals surface area contributed by atoms with Crippen LogP contribution in [0.25, 0.3) is 0 Å². The van der Waals surface area contributed by atoms with Crippen molar-refractivity contribution in [3.05, 3.63) is 48.7 Å². The molecule has 2 N–H and O–H groups in total. The minimum absolute atomic E-state index is 0.0715. The van der Waals surface area contributed by atoms with Crippen molar-refractivity contribution in [2.45, 2.75) is 0 Å². The van der Waals surface area contributed by atoms with E-state index in [2.05, 4.69) is 10.5 Å². The lowest BCUT2D eigenvalue weighted by atomic mass is 10.2. The van der Waals surface area contributed by atoms with Gasteiger partial charge in [0.25, 0.3) is 5.91 Å². The summed E-state index contributed by atoms with van der Waals surface area (Å²) in [6.45, 7) is 0. The first-order valence-electron chi connectivity index (χ1n) is 5.13. The number of carbonyl (C=O) groups is 1. The number of nitrogens with one attached hydrogen (secondary N) is 1. The first kappa shape index (κ1) is 14.3. The van der Waals surface area contributed by atoms with Gasteiger partial charge < -0.3 is 5.11 Å². The number of carbonyl (C=O) groups excluding carboxylic acids is 1. The zero-order valence-corrected chi connectivity index (χ0v) is 13.2. The van der Waals surface area contributed by atoms with Crippen LogP contribution in [0.2, 0.25) is 4.34 Å². The summed E-state index contributed by atoms with van der Waals surface area (Å²) in [7, 11) is 0. The number of amides is 1. The molecule has 1 heterocycles. The highest BCUT2D eigenvalue weighted by atomic mass is 127. The van der Waals surface area contributed by atoms with E-state index in [0.717, 1.165) is 4.88 Å². The molecule has 0 bridgehead atoms. The minimum atomic E-state index is -0.384. The topological polar surface area (TPSA) is 61.7 Å². The molecule has 1 amide bonds. The van der Waals surface area contributed by atoms with Crippen LogP contribution in [0.3, 0.4) is 0 Å². The molecule has 0 aliphatic rings. The molecule has 4 nitrogen and oxygen atoms in total. The lowest BCUT2D eigenvalue weighted by molar-refractivity contribution is 0.0954. The van der Waals surface area contributed by atoms with E-state index in [1.807, 2.05) is 22.6 Å². The molecular formula is C12H8ClIN2O2S. The molecular weight excluding hydrogens is 399 g/mol. The fourth-order valence-corrected chi connectivity index (χ4v) is 2.54. The quantitative estimate of drug-likeness (QED) is 0.466. The Labute approximate surface area is 132 Å². The van der Waals surface area contributed by atoms with Crippen molar-refractivity contribution in [2.24, 2.45) is 5.10 Å². The third-order valence-electron chi connectivity index (χ3n) is 2.16. The van der Waals surface area contributed by atoms with Gasteiger partial charge in [0, 0.05) is 10.4 Å². The number of phenolic OH excluding ortho intramolecular Hbond substituents is 1. The van der Waals surface area contributed by atoms with Crippen LogP contribution in [-0.4, -0.2) is 17.2 Å². The molecule has 7 heteroatoms. The van der Waals surface area contributed by atoms with E-state index in [0.29, 0.717) is 13.5 Å². The molecule has 1 aromatic carbocycles. The van der Waals surface area contributed by atoms with E-state index in [-0.39, 0.29) is 11.7 Å². The Morgan fingerprint density at radius 2 is 2.21 bits per heavy atom. The first-order chi connectivity index (χ1) is 9.06. The van der Waals surface area contributed by atoms with Crippen molar-refractivity contribution >= 4 is 57.7 Å². The van der Waals surface area contributed by atoms with Crippen LogP contribution in [0.5, 0.6) is 5.75 Å². The van der Waals surface area contributed by atoms with Crippen molar-refractivity contribution in [2.75, 3.05) is 0 Å². The summed E-state index contributed by atoms with van der Waals surface area (Å²) in [6, 6.07) is 8.24. The van der Waals surface area contributed by atoms with Crippen LogP contribution in [-0.2, 0) is 0 Å². The number of hydrogen-bond acceptors (Lipinski definition) is 4. The second-order valence-corrected chi connectivity index (χ2v) is 6.42. The lowest BCUT2D eigenvalue weighted by Crippen LogP contribution is -2.17. The van der Waals surface area contributed by atoms with Gasteiger partial charge in [0.2, 0.25) is 0 Å². The molecule has 0 unspecified atom stereocenters. The maximum absolute atomic E-state index is 11.7. The van der Waals surface area contributed by atoms with Crippen LogP contribution >= 0.6 is 45.5 Å². The van der Waals surface area contributed by atoms with E-state index >= 15 is 0 Å². The number of hydrazone groups is 1. The van der Waals surface area contributed by atoms with Gasteiger partial charge in [0.05, 0.1) is 14.1 Å². The zero-order chi connectivity index (χ0) is 13.8. The Bertz CT molecular complexity index is 642. The summed E-state index contributed by atoms with van der Waals surface area (Å²) < 4.78 is 1.35. The van der Waals surface area contributed by atoms with Gasteiger partial charge in [-0.1, -0.05) is 11.6 Å². The van der Waals surface area contributed by atoms with E-state index in [1.165, 1.54) is 23.6 Å². The van der Waals surface area contributed by atoms with E-state index in [4.69, 9.17) is 11.6 Å². The average molecular weight is 407 g/mol. The summed E-state index contributed by atoms with van der Waals surface area (Å²) in [5, 5.41) is 13.3. The van der Waals surface area contributed by atoms with Crippen LogP contribution in [0.15, 0.2) is 35.4 Å². The first-order valence-corrected chi connectivity index (χ1v) is 7.41. The molecule has 0 spiro atoms. The molecule has 2 aromatic rings. The number of benzene rings is 1. The van der Waals surface area contributed by atoms with Gasteiger partial charge in [0.1, 0.15) is 5.75 Å². The number of nitrogens with zero attached hydrogens (tertiary/aromatic N) is 1. The van der Waals surface area contributed by atoms with Crippen molar-refractivity contribution in [1.29, 1.82) is 0 Å². The Kier molecular flexibility index (Phi) is 4.78. The van der Waals surface area contributed by atoms with Gasteiger partial charge in [-0.3, -0.25) is 4.79 Å². The SMILES string of the molecule is O=C(NN=Cc1ccc(Cl)s1)c1ccc(I)c(O)c1. The molecule has 0 atom stereocenters. The van der Waals surface area contributed by atoms with Crippen molar-refractivity contribution in [1.82, 2.24) is 5.43 Å². The summed E-state index contributed by atoms with van der Waals surface area (Å²) in [6.07, 6.45) is 1.51. The maximum atomic E-state index is 11.7. The third kappa shape index (κ3) is 3.92. The normalized spacial score (nSPS) is 10.8. The van der Waals surface area contributed by atoms with Crippen LogP contribution in [0, 0.1) is 3.57 Å². The number of rotatable bonds is 3. The van der Waals surface area contributed by atoms with Crippen molar-refractivity contribution < 1.29 is 9.90 Å². The van der Waals surface area contributed by atoms with Gasteiger partial charge >= 0.3 is 0 Å². The van der Waals surface area contributed by atoms with Gasteiger partial charge in [-0.25, -0.2) is 5.43 Å². The highest BCUT2D eigenvalue weighted by molar-refractivity contribution is 14.1. The standard InChI is InChI=1S/C12H8ClIN2O2S/c13-11-4-2-8(19-11)6-15-16-12(18)7-1-3-9(14)10(17)5-7/h1-6,17H,(H,16,18).